The number of sulfone groups is 1. The van der Waals surface area contributed by atoms with Gasteiger partial charge < -0.3 is 23.7 Å². The average Bonchev–Trinajstić information content (AvgIpc) is 3.07. The fourth-order valence-corrected chi connectivity index (χ4v) is 7.19. The van der Waals surface area contributed by atoms with Crippen molar-refractivity contribution in [3.8, 4) is 0 Å². The maximum absolute atomic E-state index is 13.8. The lowest BCUT2D eigenvalue weighted by atomic mass is 9.98. The van der Waals surface area contributed by atoms with Crippen molar-refractivity contribution in [3.63, 3.8) is 0 Å². The predicted molar refractivity (Wildman–Crippen MR) is 174 cm³/mol. The Kier molecular flexibility index (Phi) is 12.3. The van der Waals surface area contributed by atoms with Gasteiger partial charge in [0.25, 0.3) is 0 Å². The molecule has 0 aliphatic carbocycles. The Bertz CT molecular complexity index is 1500. The number of hydrogen-bond acceptors (Lipinski definition) is 7. The molecule has 1 aliphatic rings. The van der Waals surface area contributed by atoms with E-state index in [2.05, 4.69) is 0 Å². The van der Waals surface area contributed by atoms with Crippen LogP contribution in [-0.4, -0.2) is 50.6 Å². The van der Waals surface area contributed by atoms with Crippen LogP contribution in [-0.2, 0) is 59.9 Å². The minimum atomic E-state index is -3.74. The van der Waals surface area contributed by atoms with Crippen LogP contribution in [0, 0.1) is 0 Å². The Morgan fingerprint density at radius 2 is 0.956 bits per heavy atom. The number of ether oxygens (including phenoxy) is 5. The van der Waals surface area contributed by atoms with Gasteiger partial charge in [0, 0.05) is 0 Å². The Labute approximate surface area is 267 Å². The topological polar surface area (TPSA) is 80.3 Å². The molecule has 5 atom stereocenters. The molecule has 0 amide bonds. The number of rotatable bonds is 16. The lowest BCUT2D eigenvalue weighted by molar-refractivity contribution is -0.256. The molecule has 0 aromatic heterocycles. The van der Waals surface area contributed by atoms with E-state index < -0.39 is 39.7 Å². The van der Waals surface area contributed by atoms with Gasteiger partial charge in [-0.3, -0.25) is 0 Å². The van der Waals surface area contributed by atoms with Crippen molar-refractivity contribution in [1.29, 1.82) is 0 Å². The minimum absolute atomic E-state index is 0.0403. The molecule has 1 aliphatic heterocycles. The largest absolute Gasteiger partial charge is 0.374 e. The van der Waals surface area contributed by atoms with Crippen LogP contribution in [0.5, 0.6) is 0 Å². The van der Waals surface area contributed by atoms with Crippen LogP contribution in [0.1, 0.15) is 35.6 Å². The van der Waals surface area contributed by atoms with Crippen molar-refractivity contribution in [2.24, 2.45) is 0 Å². The molecule has 0 bridgehead atoms. The standard InChI is InChI=1S/C37H42O7S/c1-2-23-45(38,39)37-36(43-27-32-21-13-6-14-22-32)35(42-26-31-19-11-5-12-20-31)34(41-25-30-17-9-4-10-18-30)33(44-37)28-40-24-29-15-7-3-8-16-29/h3-22,33-37H,2,23-28H2,1H3/t33-,34-,35+,36-,37-/m1/s1. The normalized spacial score (nSPS) is 21.8. The molecule has 0 unspecified atom stereocenters. The third-order valence-electron chi connectivity index (χ3n) is 7.68. The molecule has 238 valence electrons. The summed E-state index contributed by atoms with van der Waals surface area (Å²) >= 11 is 0. The summed E-state index contributed by atoms with van der Waals surface area (Å²) in [5.41, 5.74) is 2.60. The van der Waals surface area contributed by atoms with Crippen molar-refractivity contribution in [1.82, 2.24) is 0 Å². The minimum Gasteiger partial charge on any atom is -0.374 e. The summed E-state index contributed by atoms with van der Waals surface area (Å²) < 4.78 is 59.9. The van der Waals surface area contributed by atoms with E-state index in [0.29, 0.717) is 13.0 Å². The highest BCUT2D eigenvalue weighted by molar-refractivity contribution is 7.91. The molecule has 8 heteroatoms. The molecule has 0 spiro atoms. The summed E-state index contributed by atoms with van der Waals surface area (Å²) in [6.45, 7) is 3.03. The quantitative estimate of drug-likeness (QED) is 0.140. The van der Waals surface area contributed by atoms with Gasteiger partial charge in [-0.05, 0) is 28.7 Å². The zero-order valence-corrected chi connectivity index (χ0v) is 26.5. The molecule has 1 fully saturated rings. The van der Waals surface area contributed by atoms with E-state index in [-0.39, 0.29) is 32.2 Å². The van der Waals surface area contributed by atoms with E-state index in [4.69, 9.17) is 23.7 Å². The second-order valence-corrected chi connectivity index (χ2v) is 13.4. The van der Waals surface area contributed by atoms with Gasteiger partial charge in [0.05, 0.1) is 38.8 Å². The van der Waals surface area contributed by atoms with Crippen molar-refractivity contribution in [2.45, 2.75) is 69.6 Å². The molecule has 5 rings (SSSR count). The molecule has 7 nitrogen and oxygen atoms in total. The van der Waals surface area contributed by atoms with Gasteiger partial charge in [-0.2, -0.15) is 0 Å². The SMILES string of the molecule is CCCS(=O)(=O)[C@H]1O[C@H](COCc2ccccc2)[C@@H](OCc2ccccc2)[C@H](OCc2ccccc2)[C@H]1OCc1ccccc1. The summed E-state index contributed by atoms with van der Waals surface area (Å²) in [7, 11) is -3.74. The number of benzene rings is 4. The van der Waals surface area contributed by atoms with Crippen LogP contribution in [0.25, 0.3) is 0 Å². The van der Waals surface area contributed by atoms with Gasteiger partial charge >= 0.3 is 0 Å². The fourth-order valence-electron chi connectivity index (χ4n) is 5.44. The average molecular weight is 631 g/mol. The van der Waals surface area contributed by atoms with Crippen molar-refractivity contribution in [2.75, 3.05) is 12.4 Å². The molecule has 0 saturated carbocycles. The second-order valence-electron chi connectivity index (χ2n) is 11.2. The molecule has 0 radical (unpaired) electrons. The van der Waals surface area contributed by atoms with Gasteiger partial charge in [0.1, 0.15) is 24.4 Å². The van der Waals surface area contributed by atoms with E-state index in [1.54, 1.807) is 0 Å². The maximum Gasteiger partial charge on any atom is 0.187 e. The van der Waals surface area contributed by atoms with E-state index in [1.165, 1.54) is 0 Å². The van der Waals surface area contributed by atoms with Gasteiger partial charge in [-0.15, -0.1) is 0 Å². The van der Waals surface area contributed by atoms with Crippen LogP contribution < -0.4 is 0 Å². The van der Waals surface area contributed by atoms with Crippen molar-refractivity contribution in [3.05, 3.63) is 144 Å². The van der Waals surface area contributed by atoms with E-state index >= 15 is 0 Å². The first-order valence-corrected chi connectivity index (χ1v) is 17.2. The highest BCUT2D eigenvalue weighted by atomic mass is 32.2. The Morgan fingerprint density at radius 1 is 0.556 bits per heavy atom. The molecule has 4 aromatic carbocycles. The molecule has 4 aromatic rings. The summed E-state index contributed by atoms with van der Waals surface area (Å²) in [5, 5.41) is 0. The molecule has 45 heavy (non-hydrogen) atoms. The first-order chi connectivity index (χ1) is 22.0. The van der Waals surface area contributed by atoms with E-state index in [9.17, 15) is 8.42 Å². The lowest BCUT2D eigenvalue weighted by Gasteiger charge is -2.45. The Morgan fingerprint density at radius 3 is 1.40 bits per heavy atom. The monoisotopic (exact) mass is 630 g/mol. The smallest absolute Gasteiger partial charge is 0.187 e. The summed E-state index contributed by atoms with van der Waals surface area (Å²) in [6.07, 6.45) is -2.68. The zero-order chi connectivity index (χ0) is 31.3. The molecule has 1 saturated heterocycles. The van der Waals surface area contributed by atoms with Gasteiger partial charge in [0.15, 0.2) is 15.3 Å². The molecule has 0 N–H and O–H groups in total. The third-order valence-corrected chi connectivity index (χ3v) is 9.75. The van der Waals surface area contributed by atoms with Crippen LogP contribution >= 0.6 is 0 Å². The van der Waals surface area contributed by atoms with Crippen LogP contribution in [0.3, 0.4) is 0 Å². The fraction of sp³-hybridized carbons (Fsp3) is 0.351. The molecular formula is C37H42O7S. The van der Waals surface area contributed by atoms with Gasteiger partial charge in [-0.1, -0.05) is 128 Å². The third kappa shape index (κ3) is 9.56. The van der Waals surface area contributed by atoms with Crippen LogP contribution in [0.2, 0.25) is 0 Å². The maximum atomic E-state index is 13.8. The highest BCUT2D eigenvalue weighted by Crippen LogP contribution is 2.33. The zero-order valence-electron chi connectivity index (χ0n) is 25.6. The van der Waals surface area contributed by atoms with Crippen LogP contribution in [0.15, 0.2) is 121 Å². The number of hydrogen-bond donors (Lipinski definition) is 0. The predicted octanol–water partition coefficient (Wildman–Crippen LogP) is 6.51. The van der Waals surface area contributed by atoms with Crippen molar-refractivity contribution < 1.29 is 32.1 Å². The highest BCUT2D eigenvalue weighted by Gasteiger charge is 2.52. The van der Waals surface area contributed by atoms with Gasteiger partial charge in [-0.25, -0.2) is 8.42 Å². The Balaban J connectivity index is 1.48. The van der Waals surface area contributed by atoms with E-state index in [1.807, 2.05) is 128 Å². The Hall–Kier alpha value is -3.37. The molecule has 1 heterocycles. The van der Waals surface area contributed by atoms with Crippen LogP contribution in [0.4, 0.5) is 0 Å². The first-order valence-electron chi connectivity index (χ1n) is 15.5. The molecular weight excluding hydrogens is 588 g/mol. The lowest BCUT2D eigenvalue weighted by Crippen LogP contribution is -2.63. The van der Waals surface area contributed by atoms with Crippen molar-refractivity contribution >= 4 is 9.84 Å². The first kappa shape index (κ1) is 33.0. The summed E-state index contributed by atoms with van der Waals surface area (Å²) in [5.74, 6) is -0.0403. The van der Waals surface area contributed by atoms with E-state index in [0.717, 1.165) is 22.3 Å². The second kappa shape index (κ2) is 16.8. The van der Waals surface area contributed by atoms with Gasteiger partial charge in [0.2, 0.25) is 0 Å². The summed E-state index contributed by atoms with van der Waals surface area (Å²) in [4.78, 5) is 0. The summed E-state index contributed by atoms with van der Waals surface area (Å²) in [6, 6.07) is 39.2.